The molecule has 1 amide bonds. The first-order valence-electron chi connectivity index (χ1n) is 9.98. The molecule has 9 heteroatoms. The summed E-state index contributed by atoms with van der Waals surface area (Å²) < 4.78 is 15.7. The Morgan fingerprint density at radius 1 is 1.03 bits per heavy atom. The van der Waals surface area contributed by atoms with E-state index in [1.807, 2.05) is 30.3 Å². The summed E-state index contributed by atoms with van der Waals surface area (Å²) in [6.07, 6.45) is 3.16. The number of rotatable bonds is 6. The van der Waals surface area contributed by atoms with Crippen LogP contribution in [0.2, 0.25) is 0 Å². The summed E-state index contributed by atoms with van der Waals surface area (Å²) in [7, 11) is 0. The van der Waals surface area contributed by atoms with E-state index in [1.54, 1.807) is 13.0 Å². The molecule has 0 spiro atoms. The minimum atomic E-state index is -0.662. The first-order valence-corrected chi connectivity index (χ1v) is 9.98. The van der Waals surface area contributed by atoms with Gasteiger partial charge < -0.3 is 5.32 Å². The van der Waals surface area contributed by atoms with Crippen LogP contribution in [0.4, 0.5) is 10.1 Å². The fourth-order valence-corrected chi connectivity index (χ4v) is 3.42. The zero-order valence-corrected chi connectivity index (χ0v) is 17.3. The van der Waals surface area contributed by atoms with Crippen molar-refractivity contribution in [2.24, 2.45) is 0 Å². The molecule has 162 valence electrons. The van der Waals surface area contributed by atoms with Crippen LogP contribution in [0.1, 0.15) is 11.1 Å². The number of aryl methyl sites for hydroxylation is 2. The van der Waals surface area contributed by atoms with Gasteiger partial charge in [-0.25, -0.2) is 19.2 Å². The molecular formula is C23H20FN5O3. The van der Waals surface area contributed by atoms with Crippen LogP contribution in [0.15, 0.2) is 70.5 Å². The van der Waals surface area contributed by atoms with Crippen LogP contribution in [0, 0.1) is 12.7 Å². The molecule has 2 aromatic heterocycles. The number of carbonyl (C=O) groups is 1. The van der Waals surface area contributed by atoms with Crippen LogP contribution < -0.4 is 16.6 Å². The summed E-state index contributed by atoms with van der Waals surface area (Å²) in [5, 5.41) is 2.61. The van der Waals surface area contributed by atoms with E-state index in [-0.39, 0.29) is 17.7 Å². The second-order valence-electron chi connectivity index (χ2n) is 7.30. The van der Waals surface area contributed by atoms with Crippen LogP contribution in [-0.2, 0) is 24.3 Å². The van der Waals surface area contributed by atoms with Gasteiger partial charge in [0.2, 0.25) is 5.91 Å². The molecular weight excluding hydrogens is 413 g/mol. The van der Waals surface area contributed by atoms with Gasteiger partial charge in [-0.2, -0.15) is 0 Å². The summed E-state index contributed by atoms with van der Waals surface area (Å²) in [6, 6.07) is 13.5. The normalized spacial score (nSPS) is 10.9. The van der Waals surface area contributed by atoms with Crippen molar-refractivity contribution in [3.63, 3.8) is 0 Å². The Labute approximate surface area is 182 Å². The molecule has 4 rings (SSSR count). The molecule has 0 saturated heterocycles. The lowest BCUT2D eigenvalue weighted by Crippen LogP contribution is -2.42. The van der Waals surface area contributed by atoms with Crippen LogP contribution >= 0.6 is 0 Å². The highest BCUT2D eigenvalue weighted by Crippen LogP contribution is 2.16. The van der Waals surface area contributed by atoms with E-state index in [0.717, 1.165) is 14.7 Å². The maximum absolute atomic E-state index is 13.6. The van der Waals surface area contributed by atoms with Crippen molar-refractivity contribution in [2.75, 3.05) is 5.32 Å². The predicted octanol–water partition coefficient (Wildman–Crippen LogP) is 2.28. The van der Waals surface area contributed by atoms with E-state index in [2.05, 4.69) is 15.3 Å². The van der Waals surface area contributed by atoms with Crippen LogP contribution in [-0.4, -0.2) is 25.0 Å². The Hall–Kier alpha value is -4.14. The predicted molar refractivity (Wildman–Crippen MR) is 118 cm³/mol. The molecule has 2 heterocycles. The average Bonchev–Trinajstić information content (AvgIpc) is 2.80. The van der Waals surface area contributed by atoms with Gasteiger partial charge in [-0.05, 0) is 36.6 Å². The number of benzene rings is 2. The zero-order chi connectivity index (χ0) is 22.7. The van der Waals surface area contributed by atoms with Crippen LogP contribution in [0.5, 0.6) is 0 Å². The largest absolute Gasteiger partial charge is 0.333 e. The first kappa shape index (κ1) is 21.1. The number of nitrogens with one attached hydrogen (secondary N) is 1. The third-order valence-corrected chi connectivity index (χ3v) is 5.09. The maximum atomic E-state index is 13.6. The lowest BCUT2D eigenvalue weighted by atomic mass is 10.1. The molecule has 0 atom stereocenters. The lowest BCUT2D eigenvalue weighted by Gasteiger charge is -2.14. The highest BCUT2D eigenvalue weighted by molar-refractivity contribution is 5.91. The van der Waals surface area contributed by atoms with E-state index >= 15 is 0 Å². The third-order valence-electron chi connectivity index (χ3n) is 5.09. The summed E-state index contributed by atoms with van der Waals surface area (Å²) in [5.41, 5.74) is 0.723. The molecule has 0 saturated carbocycles. The number of carbonyl (C=O) groups excluding carboxylic acids is 1. The Bertz CT molecular complexity index is 1410. The van der Waals surface area contributed by atoms with Gasteiger partial charge in [0.05, 0.1) is 0 Å². The molecule has 2 aromatic carbocycles. The van der Waals surface area contributed by atoms with Crippen LogP contribution in [0.25, 0.3) is 11.2 Å². The number of hydrogen-bond acceptors (Lipinski definition) is 5. The fourth-order valence-electron chi connectivity index (χ4n) is 3.42. The molecule has 0 radical (unpaired) electrons. The summed E-state index contributed by atoms with van der Waals surface area (Å²) in [5.74, 6) is -1.05. The molecule has 0 aliphatic rings. The number of anilines is 1. The lowest BCUT2D eigenvalue weighted by molar-refractivity contribution is -0.116. The average molecular weight is 433 g/mol. The topological polar surface area (TPSA) is 98.9 Å². The van der Waals surface area contributed by atoms with E-state index < -0.39 is 29.5 Å². The fraction of sp³-hybridized carbons (Fsp3) is 0.174. The van der Waals surface area contributed by atoms with Crippen molar-refractivity contribution < 1.29 is 9.18 Å². The van der Waals surface area contributed by atoms with Crippen molar-refractivity contribution in [3.8, 4) is 0 Å². The van der Waals surface area contributed by atoms with Gasteiger partial charge in [0.25, 0.3) is 5.56 Å². The molecule has 32 heavy (non-hydrogen) atoms. The van der Waals surface area contributed by atoms with Crippen molar-refractivity contribution in [1.29, 1.82) is 0 Å². The van der Waals surface area contributed by atoms with Crippen molar-refractivity contribution in [2.45, 2.75) is 26.4 Å². The monoisotopic (exact) mass is 433 g/mol. The van der Waals surface area contributed by atoms with E-state index in [4.69, 9.17) is 0 Å². The van der Waals surface area contributed by atoms with Gasteiger partial charge in [0, 0.05) is 24.6 Å². The standard InChI is InChI=1S/C23H20FN5O3/c1-15-7-8-17(24)13-18(15)27-19(30)14-29-21-20(25-10-11-26-21)22(31)28(23(29)32)12-9-16-5-3-2-4-6-16/h2-8,10-11,13H,9,12,14H2,1H3,(H,27,30). The van der Waals surface area contributed by atoms with Gasteiger partial charge >= 0.3 is 5.69 Å². The molecule has 0 aliphatic carbocycles. The molecule has 0 aliphatic heterocycles. The number of amides is 1. The Kier molecular flexibility index (Phi) is 5.89. The number of hydrogen-bond donors (Lipinski definition) is 1. The molecule has 0 bridgehead atoms. The molecule has 0 fully saturated rings. The highest BCUT2D eigenvalue weighted by atomic mass is 19.1. The number of nitrogens with zero attached hydrogens (tertiary/aromatic N) is 4. The summed E-state index contributed by atoms with van der Waals surface area (Å²) in [6.45, 7) is 1.44. The minimum Gasteiger partial charge on any atom is -0.324 e. The first-order chi connectivity index (χ1) is 15.4. The number of fused-ring (bicyclic) bond motifs is 1. The van der Waals surface area contributed by atoms with Gasteiger partial charge in [-0.1, -0.05) is 36.4 Å². The zero-order valence-electron chi connectivity index (χ0n) is 17.3. The molecule has 8 nitrogen and oxygen atoms in total. The van der Waals surface area contributed by atoms with Gasteiger partial charge in [-0.15, -0.1) is 0 Å². The van der Waals surface area contributed by atoms with Crippen molar-refractivity contribution >= 4 is 22.8 Å². The molecule has 4 aromatic rings. The SMILES string of the molecule is Cc1ccc(F)cc1NC(=O)Cn1c(=O)n(CCc2ccccc2)c(=O)c2nccnc21. The Morgan fingerprint density at radius 2 is 1.78 bits per heavy atom. The third kappa shape index (κ3) is 4.31. The Morgan fingerprint density at radius 3 is 2.56 bits per heavy atom. The van der Waals surface area contributed by atoms with Crippen molar-refractivity contribution in [3.05, 3.63) is 98.7 Å². The van der Waals surface area contributed by atoms with E-state index in [0.29, 0.717) is 17.7 Å². The van der Waals surface area contributed by atoms with Gasteiger partial charge in [0.1, 0.15) is 12.4 Å². The Balaban J connectivity index is 1.70. The van der Waals surface area contributed by atoms with E-state index in [1.165, 1.54) is 24.5 Å². The van der Waals surface area contributed by atoms with Crippen LogP contribution in [0.3, 0.4) is 0 Å². The summed E-state index contributed by atoms with van der Waals surface area (Å²) >= 11 is 0. The quantitative estimate of drug-likeness (QED) is 0.503. The van der Waals surface area contributed by atoms with Gasteiger partial charge in [0.15, 0.2) is 11.2 Å². The second-order valence-corrected chi connectivity index (χ2v) is 7.30. The maximum Gasteiger partial charge on any atom is 0.333 e. The number of halogens is 1. The van der Waals surface area contributed by atoms with Crippen molar-refractivity contribution in [1.82, 2.24) is 19.1 Å². The number of aromatic nitrogens is 4. The second kappa shape index (κ2) is 8.93. The smallest absolute Gasteiger partial charge is 0.324 e. The summed E-state index contributed by atoms with van der Waals surface area (Å²) in [4.78, 5) is 46.9. The molecule has 0 unspecified atom stereocenters. The highest BCUT2D eigenvalue weighted by Gasteiger charge is 2.17. The minimum absolute atomic E-state index is 0.00472. The van der Waals surface area contributed by atoms with Gasteiger partial charge in [-0.3, -0.25) is 18.7 Å². The van der Waals surface area contributed by atoms with E-state index in [9.17, 15) is 18.8 Å². The molecule has 1 N–H and O–H groups in total.